The molecule has 6 heteroatoms. The highest BCUT2D eigenvalue weighted by Crippen LogP contribution is 2.39. The Morgan fingerprint density at radius 3 is 2.38 bits per heavy atom. The average molecular weight is 230 g/mol. The van der Waals surface area contributed by atoms with Crippen molar-refractivity contribution in [1.29, 1.82) is 0 Å². The summed E-state index contributed by atoms with van der Waals surface area (Å²) in [6, 6.07) is -1.81. The van der Waals surface area contributed by atoms with Crippen molar-refractivity contribution in [2.45, 2.75) is 38.3 Å². The lowest BCUT2D eigenvalue weighted by Gasteiger charge is -2.27. The third kappa shape index (κ3) is 3.37. The van der Waals surface area contributed by atoms with Gasteiger partial charge in [-0.3, -0.25) is 0 Å². The minimum absolute atomic E-state index is 0.331. The van der Waals surface area contributed by atoms with Crippen molar-refractivity contribution >= 4 is 12.0 Å². The van der Waals surface area contributed by atoms with Gasteiger partial charge >= 0.3 is 12.0 Å². The SMILES string of the molecule is CC(C)(NC(=O)N[C@H](CO)C(=O)O)C1CC1. The molecular weight excluding hydrogens is 212 g/mol. The zero-order chi connectivity index (χ0) is 12.3. The molecule has 1 rings (SSSR count). The van der Waals surface area contributed by atoms with Gasteiger partial charge in [-0.1, -0.05) is 0 Å². The molecule has 6 nitrogen and oxygen atoms in total. The molecule has 0 radical (unpaired) electrons. The second kappa shape index (κ2) is 4.69. The molecule has 2 amide bonds. The van der Waals surface area contributed by atoms with Crippen molar-refractivity contribution in [2.75, 3.05) is 6.61 Å². The van der Waals surface area contributed by atoms with Crippen LogP contribution in [-0.4, -0.2) is 40.4 Å². The van der Waals surface area contributed by atoms with Crippen LogP contribution in [0.2, 0.25) is 0 Å². The molecule has 0 bridgehead atoms. The standard InChI is InChI=1S/C10H18N2O4/c1-10(2,6-3-4-6)12-9(16)11-7(5-13)8(14)15/h6-7,13H,3-5H2,1-2H3,(H,14,15)(H2,11,12,16)/t7-/m1/s1. The zero-order valence-electron chi connectivity index (χ0n) is 9.49. The number of carboxylic acid groups (broad SMARTS) is 1. The largest absolute Gasteiger partial charge is 0.480 e. The van der Waals surface area contributed by atoms with Crippen LogP contribution in [0.15, 0.2) is 0 Å². The van der Waals surface area contributed by atoms with Crippen LogP contribution in [0.4, 0.5) is 4.79 Å². The maximum atomic E-state index is 11.5. The fourth-order valence-electron chi connectivity index (χ4n) is 1.58. The quantitative estimate of drug-likeness (QED) is 0.531. The predicted molar refractivity (Wildman–Crippen MR) is 57.0 cm³/mol. The van der Waals surface area contributed by atoms with E-state index in [1.165, 1.54) is 0 Å². The third-order valence-corrected chi connectivity index (χ3v) is 2.82. The van der Waals surface area contributed by atoms with Gasteiger partial charge < -0.3 is 20.8 Å². The number of nitrogens with one attached hydrogen (secondary N) is 2. The molecule has 1 saturated carbocycles. The number of aliphatic carboxylic acids is 1. The average Bonchev–Trinajstić information content (AvgIpc) is 2.95. The van der Waals surface area contributed by atoms with Gasteiger partial charge in [0.15, 0.2) is 6.04 Å². The van der Waals surface area contributed by atoms with Crippen molar-refractivity contribution < 1.29 is 19.8 Å². The van der Waals surface area contributed by atoms with Crippen LogP contribution < -0.4 is 10.6 Å². The van der Waals surface area contributed by atoms with E-state index in [0.29, 0.717) is 5.92 Å². The van der Waals surface area contributed by atoms with Crippen molar-refractivity contribution in [1.82, 2.24) is 10.6 Å². The van der Waals surface area contributed by atoms with Crippen LogP contribution >= 0.6 is 0 Å². The minimum Gasteiger partial charge on any atom is -0.480 e. The van der Waals surface area contributed by atoms with Crippen molar-refractivity contribution in [3.63, 3.8) is 0 Å². The van der Waals surface area contributed by atoms with Crippen LogP contribution in [0, 0.1) is 5.92 Å². The molecule has 0 unspecified atom stereocenters. The zero-order valence-corrected chi connectivity index (χ0v) is 9.49. The first-order valence-electron chi connectivity index (χ1n) is 5.29. The molecule has 0 saturated heterocycles. The second-order valence-electron chi connectivity index (χ2n) is 4.67. The van der Waals surface area contributed by atoms with Crippen LogP contribution in [0.25, 0.3) is 0 Å². The van der Waals surface area contributed by atoms with Gasteiger partial charge in [0.25, 0.3) is 0 Å². The molecule has 1 fully saturated rings. The number of carbonyl (C=O) groups is 2. The van der Waals surface area contributed by atoms with Crippen molar-refractivity contribution in [3.8, 4) is 0 Å². The highest BCUT2D eigenvalue weighted by Gasteiger charge is 2.39. The molecule has 1 atom stereocenters. The Balaban J connectivity index is 2.42. The van der Waals surface area contributed by atoms with Gasteiger partial charge in [0.1, 0.15) is 0 Å². The van der Waals surface area contributed by atoms with Gasteiger partial charge in [-0.15, -0.1) is 0 Å². The number of aliphatic hydroxyl groups excluding tert-OH is 1. The van der Waals surface area contributed by atoms with Gasteiger partial charge in [-0.25, -0.2) is 9.59 Å². The van der Waals surface area contributed by atoms with Crippen molar-refractivity contribution in [3.05, 3.63) is 0 Å². The third-order valence-electron chi connectivity index (χ3n) is 2.82. The Morgan fingerprint density at radius 1 is 1.44 bits per heavy atom. The fraction of sp³-hybridized carbons (Fsp3) is 0.800. The molecule has 0 aromatic heterocycles. The number of hydrogen-bond donors (Lipinski definition) is 4. The van der Waals surface area contributed by atoms with E-state index >= 15 is 0 Å². The van der Waals surface area contributed by atoms with Crippen LogP contribution in [0.5, 0.6) is 0 Å². The van der Waals surface area contributed by atoms with E-state index in [9.17, 15) is 9.59 Å². The lowest BCUT2D eigenvalue weighted by atomic mass is 9.99. The van der Waals surface area contributed by atoms with Gasteiger partial charge in [-0.05, 0) is 32.6 Å². The Labute approximate surface area is 94.0 Å². The minimum atomic E-state index is -1.25. The van der Waals surface area contributed by atoms with Crippen LogP contribution in [0.1, 0.15) is 26.7 Å². The van der Waals surface area contributed by atoms with Gasteiger partial charge in [0, 0.05) is 5.54 Å². The maximum absolute atomic E-state index is 11.5. The molecule has 0 spiro atoms. The molecule has 92 valence electrons. The predicted octanol–water partition coefficient (Wildman–Crippen LogP) is -0.0803. The van der Waals surface area contributed by atoms with Gasteiger partial charge in [0.2, 0.25) is 0 Å². The van der Waals surface area contributed by atoms with E-state index in [0.717, 1.165) is 12.8 Å². The lowest BCUT2D eigenvalue weighted by Crippen LogP contribution is -2.54. The first-order chi connectivity index (χ1) is 7.36. The van der Waals surface area contributed by atoms with E-state index in [1.807, 2.05) is 13.8 Å². The Kier molecular flexibility index (Phi) is 3.74. The summed E-state index contributed by atoms with van der Waals surface area (Å²) >= 11 is 0. The van der Waals surface area contributed by atoms with Crippen LogP contribution in [0.3, 0.4) is 0 Å². The Morgan fingerprint density at radius 2 is 2.00 bits per heavy atom. The number of hydrogen-bond acceptors (Lipinski definition) is 3. The molecule has 0 aliphatic heterocycles. The topological polar surface area (TPSA) is 98.7 Å². The van der Waals surface area contributed by atoms with Gasteiger partial charge in [-0.2, -0.15) is 0 Å². The van der Waals surface area contributed by atoms with Crippen LogP contribution in [-0.2, 0) is 4.79 Å². The summed E-state index contributed by atoms with van der Waals surface area (Å²) in [6.45, 7) is 3.19. The van der Waals surface area contributed by atoms with Gasteiger partial charge in [0.05, 0.1) is 6.61 Å². The summed E-state index contributed by atoms with van der Waals surface area (Å²) in [5.74, 6) is -0.794. The Bertz CT molecular complexity index is 287. The first-order valence-corrected chi connectivity index (χ1v) is 5.29. The van der Waals surface area contributed by atoms with E-state index in [1.54, 1.807) is 0 Å². The lowest BCUT2D eigenvalue weighted by molar-refractivity contribution is -0.140. The number of rotatable bonds is 5. The molecule has 0 aromatic carbocycles. The molecule has 0 heterocycles. The molecule has 0 aromatic rings. The monoisotopic (exact) mass is 230 g/mol. The van der Waals surface area contributed by atoms with E-state index in [-0.39, 0.29) is 5.54 Å². The number of amides is 2. The van der Waals surface area contributed by atoms with E-state index < -0.39 is 24.6 Å². The number of carboxylic acids is 1. The summed E-state index contributed by atoms with van der Waals surface area (Å²) in [7, 11) is 0. The number of carbonyl (C=O) groups excluding carboxylic acids is 1. The molecular formula is C10H18N2O4. The first kappa shape index (κ1) is 12.8. The maximum Gasteiger partial charge on any atom is 0.328 e. The summed E-state index contributed by atoms with van der Waals surface area (Å²) in [4.78, 5) is 22.0. The molecule has 4 N–H and O–H groups in total. The summed E-state index contributed by atoms with van der Waals surface area (Å²) in [6.07, 6.45) is 2.16. The highest BCUT2D eigenvalue weighted by atomic mass is 16.4. The summed E-state index contributed by atoms with van der Waals surface area (Å²) < 4.78 is 0. The van der Waals surface area contributed by atoms with Crippen molar-refractivity contribution in [2.24, 2.45) is 5.92 Å². The van der Waals surface area contributed by atoms with E-state index in [4.69, 9.17) is 10.2 Å². The second-order valence-corrected chi connectivity index (χ2v) is 4.67. The normalized spacial score (nSPS) is 17.7. The Hall–Kier alpha value is -1.30. The van der Waals surface area contributed by atoms with E-state index in [2.05, 4.69) is 10.6 Å². The number of aliphatic hydroxyl groups is 1. The number of urea groups is 1. The smallest absolute Gasteiger partial charge is 0.328 e. The summed E-state index contributed by atoms with van der Waals surface area (Å²) in [5.41, 5.74) is -0.331. The molecule has 16 heavy (non-hydrogen) atoms. The molecule has 1 aliphatic rings. The highest BCUT2D eigenvalue weighted by molar-refractivity contribution is 5.82. The molecule has 1 aliphatic carbocycles. The fourth-order valence-corrected chi connectivity index (χ4v) is 1.58. The summed E-state index contributed by atoms with van der Waals surface area (Å²) in [5, 5.41) is 22.3.